The maximum absolute atomic E-state index is 14.6. The van der Waals surface area contributed by atoms with E-state index in [9.17, 15) is 19.1 Å². The van der Waals surface area contributed by atoms with Crippen LogP contribution in [0.2, 0.25) is 0 Å². The van der Waals surface area contributed by atoms with Crippen LogP contribution >= 0.6 is 0 Å². The van der Waals surface area contributed by atoms with E-state index in [-0.39, 0.29) is 37.8 Å². The number of hydrogen-bond acceptors (Lipinski definition) is 7. The molecule has 2 amide bonds. The maximum atomic E-state index is 14.6. The summed E-state index contributed by atoms with van der Waals surface area (Å²) >= 11 is 0. The van der Waals surface area contributed by atoms with Crippen molar-refractivity contribution in [3.8, 4) is 5.75 Å². The van der Waals surface area contributed by atoms with Gasteiger partial charge in [-0.3, -0.25) is 14.6 Å². The van der Waals surface area contributed by atoms with Gasteiger partial charge in [-0.15, -0.1) is 0 Å². The fourth-order valence-electron chi connectivity index (χ4n) is 5.17. The molecule has 10 heteroatoms. The second-order valence-electron chi connectivity index (χ2n) is 11.0. The lowest BCUT2D eigenvalue weighted by atomic mass is 9.97. The standard InChI is InChI=1S/C32H47FN4O5/c1-4-10-37-11-6-7-12-42-28-15-24(14-27(33)17-28)16-29(36-32(40)26(22-41-3)8-9-31(37)39)30(38)21-35-20-25-13-23(5-2)18-34-19-25/h13-15,17-19,26,29-30,35,38H,4-12,16,20-22H2,1-3H3,(H,36,40). The van der Waals surface area contributed by atoms with Gasteiger partial charge in [-0.2, -0.15) is 0 Å². The van der Waals surface area contributed by atoms with Crippen molar-refractivity contribution >= 4 is 11.8 Å². The fourth-order valence-corrected chi connectivity index (χ4v) is 5.17. The van der Waals surface area contributed by atoms with Gasteiger partial charge in [0.15, 0.2) is 0 Å². The van der Waals surface area contributed by atoms with E-state index in [2.05, 4.69) is 28.6 Å². The minimum Gasteiger partial charge on any atom is -0.493 e. The van der Waals surface area contributed by atoms with Gasteiger partial charge in [-0.1, -0.05) is 19.9 Å². The van der Waals surface area contributed by atoms with Gasteiger partial charge in [0.05, 0.1) is 31.3 Å². The molecule has 0 fully saturated rings. The SMILES string of the molecule is CCCN1CCCCOc2cc(F)cc(c2)CC(C(O)CNCc2cncc(CC)c2)NC(=O)C(COC)CCC1=O. The maximum Gasteiger partial charge on any atom is 0.225 e. The van der Waals surface area contributed by atoms with E-state index in [0.29, 0.717) is 44.0 Å². The van der Waals surface area contributed by atoms with Crippen LogP contribution in [-0.4, -0.2) is 78.9 Å². The summed E-state index contributed by atoms with van der Waals surface area (Å²) in [5.41, 5.74) is 2.72. The number of benzene rings is 1. The minimum absolute atomic E-state index is 0.00660. The van der Waals surface area contributed by atoms with Crippen LogP contribution in [0.25, 0.3) is 0 Å². The third-order valence-corrected chi connectivity index (χ3v) is 7.50. The Morgan fingerprint density at radius 3 is 2.76 bits per heavy atom. The van der Waals surface area contributed by atoms with Crippen molar-refractivity contribution < 1.29 is 28.6 Å². The molecule has 1 aromatic carbocycles. The normalized spacial score (nSPS) is 20.0. The summed E-state index contributed by atoms with van der Waals surface area (Å²) in [6, 6.07) is 5.83. The molecule has 2 bridgehead atoms. The highest BCUT2D eigenvalue weighted by Gasteiger charge is 2.28. The first-order chi connectivity index (χ1) is 20.3. The smallest absolute Gasteiger partial charge is 0.225 e. The molecule has 0 radical (unpaired) electrons. The van der Waals surface area contributed by atoms with E-state index < -0.39 is 23.9 Å². The van der Waals surface area contributed by atoms with Crippen LogP contribution in [0.3, 0.4) is 0 Å². The Labute approximate surface area is 249 Å². The predicted octanol–water partition coefficient (Wildman–Crippen LogP) is 3.42. The molecule has 1 aromatic heterocycles. The molecule has 2 heterocycles. The number of aryl methyl sites for hydroxylation is 1. The van der Waals surface area contributed by atoms with E-state index in [4.69, 9.17) is 9.47 Å². The van der Waals surface area contributed by atoms with Crippen molar-refractivity contribution in [3.63, 3.8) is 0 Å². The highest BCUT2D eigenvalue weighted by Crippen LogP contribution is 2.20. The summed E-state index contributed by atoms with van der Waals surface area (Å²) in [5.74, 6) is -0.928. The number of aliphatic hydroxyl groups is 1. The lowest BCUT2D eigenvalue weighted by molar-refractivity contribution is -0.133. The van der Waals surface area contributed by atoms with Gasteiger partial charge < -0.3 is 30.1 Å². The molecule has 1 aliphatic heterocycles. The number of amides is 2. The first kappa shape index (κ1) is 33.4. The second-order valence-corrected chi connectivity index (χ2v) is 11.0. The van der Waals surface area contributed by atoms with Crippen LogP contribution in [-0.2, 0) is 33.7 Å². The monoisotopic (exact) mass is 586 g/mol. The van der Waals surface area contributed by atoms with E-state index in [1.165, 1.54) is 19.2 Å². The predicted molar refractivity (Wildman–Crippen MR) is 160 cm³/mol. The summed E-state index contributed by atoms with van der Waals surface area (Å²) < 4.78 is 25.8. The Balaban J connectivity index is 1.80. The van der Waals surface area contributed by atoms with Gasteiger partial charge in [0.2, 0.25) is 11.8 Å². The van der Waals surface area contributed by atoms with Gasteiger partial charge >= 0.3 is 0 Å². The van der Waals surface area contributed by atoms with Crippen molar-refractivity contribution in [2.45, 2.75) is 77.5 Å². The Bertz CT molecular complexity index is 1130. The number of ether oxygens (including phenoxy) is 2. The van der Waals surface area contributed by atoms with Crippen LogP contribution in [0.15, 0.2) is 36.7 Å². The summed E-state index contributed by atoms with van der Waals surface area (Å²) in [6.45, 7) is 6.58. The van der Waals surface area contributed by atoms with Crippen LogP contribution in [0.1, 0.15) is 62.6 Å². The summed E-state index contributed by atoms with van der Waals surface area (Å²) in [6.07, 6.45) is 6.57. The Morgan fingerprint density at radius 1 is 1.19 bits per heavy atom. The van der Waals surface area contributed by atoms with Gasteiger partial charge in [-0.05, 0) is 67.3 Å². The van der Waals surface area contributed by atoms with Gasteiger partial charge in [0.25, 0.3) is 0 Å². The third-order valence-electron chi connectivity index (χ3n) is 7.50. The second kappa shape index (κ2) is 17.8. The molecule has 3 atom stereocenters. The molecule has 3 rings (SSSR count). The van der Waals surface area contributed by atoms with Gasteiger partial charge in [0.1, 0.15) is 11.6 Å². The number of carbonyl (C=O) groups excluding carboxylic acids is 2. The van der Waals surface area contributed by atoms with Crippen LogP contribution in [0, 0.1) is 11.7 Å². The van der Waals surface area contributed by atoms with Gasteiger partial charge in [0, 0.05) is 58.2 Å². The quantitative estimate of drug-likeness (QED) is 0.391. The van der Waals surface area contributed by atoms with Gasteiger partial charge in [-0.25, -0.2) is 4.39 Å². The summed E-state index contributed by atoms with van der Waals surface area (Å²) in [4.78, 5) is 32.6. The highest BCUT2D eigenvalue weighted by molar-refractivity contribution is 5.81. The van der Waals surface area contributed by atoms with E-state index in [0.717, 1.165) is 36.8 Å². The number of rotatable bonds is 10. The number of nitrogens with one attached hydrogen (secondary N) is 2. The Kier molecular flexibility index (Phi) is 14.1. The topological polar surface area (TPSA) is 113 Å². The average molecular weight is 587 g/mol. The molecule has 3 N–H and O–H groups in total. The lowest BCUT2D eigenvalue weighted by Crippen LogP contribution is -2.50. The summed E-state index contributed by atoms with van der Waals surface area (Å²) in [7, 11) is 1.52. The molecule has 0 aliphatic carbocycles. The third kappa shape index (κ3) is 11.0. The van der Waals surface area contributed by atoms with Crippen LogP contribution < -0.4 is 15.4 Å². The first-order valence-electron chi connectivity index (χ1n) is 15.1. The number of fused-ring (bicyclic) bond motifs is 2. The minimum atomic E-state index is -0.976. The Morgan fingerprint density at radius 2 is 2.00 bits per heavy atom. The van der Waals surface area contributed by atoms with Crippen molar-refractivity contribution in [2.24, 2.45) is 5.92 Å². The van der Waals surface area contributed by atoms with Crippen LogP contribution in [0.5, 0.6) is 5.75 Å². The van der Waals surface area contributed by atoms with E-state index in [1.807, 2.05) is 18.0 Å². The Hall–Kier alpha value is -3.08. The molecular weight excluding hydrogens is 539 g/mol. The van der Waals surface area contributed by atoms with Crippen molar-refractivity contribution in [1.82, 2.24) is 20.5 Å². The van der Waals surface area contributed by atoms with Crippen LogP contribution in [0.4, 0.5) is 4.39 Å². The molecule has 0 spiro atoms. The number of hydrogen-bond donors (Lipinski definition) is 3. The molecule has 2 aromatic rings. The molecule has 3 unspecified atom stereocenters. The number of pyridine rings is 1. The fraction of sp³-hybridized carbons (Fsp3) is 0.594. The van der Waals surface area contributed by atoms with Crippen molar-refractivity contribution in [2.75, 3.05) is 40.0 Å². The van der Waals surface area contributed by atoms with Crippen molar-refractivity contribution in [3.05, 3.63) is 59.2 Å². The molecule has 1 aliphatic rings. The first-order valence-corrected chi connectivity index (χ1v) is 15.1. The molecule has 42 heavy (non-hydrogen) atoms. The zero-order chi connectivity index (χ0) is 30.3. The van der Waals surface area contributed by atoms with E-state index >= 15 is 0 Å². The van der Waals surface area contributed by atoms with Crippen molar-refractivity contribution in [1.29, 1.82) is 0 Å². The van der Waals surface area contributed by atoms with E-state index in [1.54, 1.807) is 12.3 Å². The number of methoxy groups -OCH3 is 1. The molecule has 0 saturated carbocycles. The number of aliphatic hydroxyl groups excluding tert-OH is 1. The zero-order valence-electron chi connectivity index (χ0n) is 25.2. The number of nitrogens with zero attached hydrogens (tertiary/aromatic N) is 2. The zero-order valence-corrected chi connectivity index (χ0v) is 25.2. The molecule has 0 saturated heterocycles. The average Bonchev–Trinajstić information content (AvgIpc) is 2.97. The summed E-state index contributed by atoms with van der Waals surface area (Å²) in [5, 5.41) is 17.5. The number of aromatic nitrogens is 1. The molecule has 9 nitrogen and oxygen atoms in total. The highest BCUT2D eigenvalue weighted by atomic mass is 19.1. The number of carbonyl (C=O) groups is 2. The molecular formula is C32H47FN4O5. The number of halogens is 1. The largest absolute Gasteiger partial charge is 0.493 e. The lowest BCUT2D eigenvalue weighted by Gasteiger charge is -2.27. The molecule has 232 valence electrons.